The average Bonchev–Trinajstić information content (AvgIpc) is 3.13. The predicted molar refractivity (Wildman–Crippen MR) is 127 cm³/mol. The number of methoxy groups -OCH3 is 1. The molecule has 1 aliphatic heterocycles. The second-order valence-corrected chi connectivity index (χ2v) is 8.84. The first-order chi connectivity index (χ1) is 13.0. The standard InChI is InChI=1S/C19H28N6OS.HI/c1-5-20-18(25-10-11-27-19(2,3)13-25)21-12-16-22-17(24-23-16)14-6-8-15(26-4)9-7-14;/h6-9H,5,10-13H2,1-4H3,(H,20,21)(H,22,23,24);1H. The summed E-state index contributed by atoms with van der Waals surface area (Å²) in [7, 11) is 1.65. The van der Waals surface area contributed by atoms with Crippen LogP contribution >= 0.6 is 35.7 Å². The van der Waals surface area contributed by atoms with Crippen molar-refractivity contribution in [3.8, 4) is 17.1 Å². The molecular weight excluding hydrogens is 487 g/mol. The molecule has 7 nitrogen and oxygen atoms in total. The number of nitrogens with zero attached hydrogens (tertiary/aromatic N) is 4. The minimum atomic E-state index is 0. The summed E-state index contributed by atoms with van der Waals surface area (Å²) in [5.74, 6) is 4.29. The van der Waals surface area contributed by atoms with E-state index in [0.717, 1.165) is 48.5 Å². The molecule has 0 amide bonds. The minimum Gasteiger partial charge on any atom is -0.497 e. The molecule has 3 rings (SSSR count). The maximum Gasteiger partial charge on any atom is 0.194 e. The van der Waals surface area contributed by atoms with E-state index in [4.69, 9.17) is 9.73 Å². The fourth-order valence-electron chi connectivity index (χ4n) is 3.01. The van der Waals surface area contributed by atoms with Crippen LogP contribution in [0.15, 0.2) is 29.3 Å². The third kappa shape index (κ3) is 6.00. The number of thioether (sulfide) groups is 1. The van der Waals surface area contributed by atoms with Crippen molar-refractivity contribution in [2.45, 2.75) is 32.1 Å². The van der Waals surface area contributed by atoms with Gasteiger partial charge in [-0.05, 0) is 45.0 Å². The molecule has 2 aromatic rings. The van der Waals surface area contributed by atoms with E-state index < -0.39 is 0 Å². The summed E-state index contributed by atoms with van der Waals surface area (Å²) >= 11 is 2.02. The molecule has 0 aliphatic carbocycles. The number of H-pyrrole nitrogens is 1. The zero-order valence-electron chi connectivity index (χ0n) is 16.9. The van der Waals surface area contributed by atoms with Crippen LogP contribution in [0.5, 0.6) is 5.75 Å². The molecule has 1 aliphatic rings. The number of ether oxygens (including phenoxy) is 1. The Balaban J connectivity index is 0.00000280. The Bertz CT molecular complexity index is 777. The van der Waals surface area contributed by atoms with Crippen molar-refractivity contribution in [1.82, 2.24) is 25.4 Å². The Labute approximate surface area is 188 Å². The van der Waals surface area contributed by atoms with E-state index in [1.54, 1.807) is 7.11 Å². The Morgan fingerprint density at radius 1 is 1.36 bits per heavy atom. The number of aromatic amines is 1. The van der Waals surface area contributed by atoms with Gasteiger partial charge in [0.1, 0.15) is 18.1 Å². The van der Waals surface area contributed by atoms with Crippen molar-refractivity contribution in [2.24, 2.45) is 4.99 Å². The molecule has 154 valence electrons. The van der Waals surface area contributed by atoms with Gasteiger partial charge in [0, 0.05) is 35.7 Å². The maximum absolute atomic E-state index is 5.19. The lowest BCUT2D eigenvalue weighted by Crippen LogP contribution is -2.50. The molecule has 1 aromatic heterocycles. The molecule has 2 N–H and O–H groups in total. The summed E-state index contributed by atoms with van der Waals surface area (Å²) < 4.78 is 5.43. The van der Waals surface area contributed by atoms with Gasteiger partial charge in [-0.3, -0.25) is 5.10 Å². The zero-order valence-corrected chi connectivity index (χ0v) is 20.0. The Morgan fingerprint density at radius 2 is 2.11 bits per heavy atom. The molecule has 0 saturated carbocycles. The largest absolute Gasteiger partial charge is 0.497 e. The number of aromatic nitrogens is 3. The Morgan fingerprint density at radius 3 is 2.75 bits per heavy atom. The van der Waals surface area contributed by atoms with E-state index in [1.165, 1.54) is 0 Å². The van der Waals surface area contributed by atoms with Crippen molar-refractivity contribution >= 4 is 41.7 Å². The average molecular weight is 516 g/mol. The van der Waals surface area contributed by atoms with Crippen molar-refractivity contribution in [3.63, 3.8) is 0 Å². The molecule has 2 heterocycles. The van der Waals surface area contributed by atoms with E-state index >= 15 is 0 Å². The fraction of sp³-hybridized carbons (Fsp3) is 0.526. The quantitative estimate of drug-likeness (QED) is 0.361. The highest BCUT2D eigenvalue weighted by Crippen LogP contribution is 2.29. The van der Waals surface area contributed by atoms with E-state index in [-0.39, 0.29) is 28.7 Å². The molecule has 0 bridgehead atoms. The molecule has 0 spiro atoms. The van der Waals surface area contributed by atoms with Crippen LogP contribution in [0.4, 0.5) is 0 Å². The number of rotatable bonds is 5. The van der Waals surface area contributed by atoms with Crippen molar-refractivity contribution in [1.29, 1.82) is 0 Å². The molecule has 1 saturated heterocycles. The van der Waals surface area contributed by atoms with Crippen LogP contribution in [-0.2, 0) is 6.54 Å². The topological polar surface area (TPSA) is 78.4 Å². The molecular formula is C19H29IN6OS. The molecule has 1 fully saturated rings. The van der Waals surface area contributed by atoms with Crippen LogP contribution < -0.4 is 10.1 Å². The first-order valence-corrected chi connectivity index (χ1v) is 10.2. The third-order valence-electron chi connectivity index (χ3n) is 4.32. The number of nitrogens with one attached hydrogen (secondary N) is 2. The molecule has 0 radical (unpaired) electrons. The lowest BCUT2D eigenvalue weighted by molar-refractivity contribution is 0.375. The highest BCUT2D eigenvalue weighted by atomic mass is 127. The maximum atomic E-state index is 5.19. The first kappa shape index (κ1) is 22.8. The Hall–Kier alpha value is -1.49. The van der Waals surface area contributed by atoms with Crippen LogP contribution in [0.3, 0.4) is 0 Å². The van der Waals surface area contributed by atoms with Gasteiger partial charge < -0.3 is 15.0 Å². The van der Waals surface area contributed by atoms with Gasteiger partial charge in [-0.15, -0.1) is 24.0 Å². The lowest BCUT2D eigenvalue weighted by atomic mass is 10.2. The van der Waals surface area contributed by atoms with Crippen LogP contribution in [0.25, 0.3) is 11.4 Å². The predicted octanol–water partition coefficient (Wildman–Crippen LogP) is 3.39. The summed E-state index contributed by atoms with van der Waals surface area (Å²) in [6, 6.07) is 7.71. The first-order valence-electron chi connectivity index (χ1n) is 9.23. The van der Waals surface area contributed by atoms with Gasteiger partial charge in [0.15, 0.2) is 11.8 Å². The normalized spacial score (nSPS) is 16.4. The van der Waals surface area contributed by atoms with Crippen molar-refractivity contribution in [3.05, 3.63) is 30.1 Å². The lowest BCUT2D eigenvalue weighted by Gasteiger charge is -2.39. The van der Waals surface area contributed by atoms with Gasteiger partial charge in [0.2, 0.25) is 0 Å². The summed E-state index contributed by atoms with van der Waals surface area (Å²) in [6.45, 7) is 9.96. The van der Waals surface area contributed by atoms with Gasteiger partial charge in [0.05, 0.1) is 7.11 Å². The summed E-state index contributed by atoms with van der Waals surface area (Å²) in [6.07, 6.45) is 0. The second-order valence-electron chi connectivity index (χ2n) is 7.03. The molecule has 28 heavy (non-hydrogen) atoms. The molecule has 1 aromatic carbocycles. The minimum absolute atomic E-state index is 0. The fourth-order valence-corrected chi connectivity index (χ4v) is 4.12. The Kier molecular flexibility index (Phi) is 8.41. The van der Waals surface area contributed by atoms with Gasteiger partial charge >= 0.3 is 0 Å². The zero-order chi connectivity index (χ0) is 19.3. The van der Waals surface area contributed by atoms with Gasteiger partial charge in [-0.1, -0.05) is 0 Å². The third-order valence-corrected chi connectivity index (χ3v) is 5.62. The monoisotopic (exact) mass is 516 g/mol. The smallest absolute Gasteiger partial charge is 0.194 e. The SMILES string of the molecule is CCNC(=NCc1nc(-c2ccc(OC)cc2)n[nH]1)N1CCSC(C)(C)C1.I. The number of halogens is 1. The van der Waals surface area contributed by atoms with Crippen LogP contribution in [-0.4, -0.2) is 63.3 Å². The summed E-state index contributed by atoms with van der Waals surface area (Å²) in [4.78, 5) is 11.7. The van der Waals surface area contributed by atoms with Crippen molar-refractivity contribution < 1.29 is 4.74 Å². The number of hydrogen-bond acceptors (Lipinski definition) is 5. The van der Waals surface area contributed by atoms with Gasteiger partial charge in [-0.25, -0.2) is 9.98 Å². The second kappa shape index (κ2) is 10.3. The van der Waals surface area contributed by atoms with Gasteiger partial charge in [-0.2, -0.15) is 16.9 Å². The van der Waals surface area contributed by atoms with Crippen LogP contribution in [0.1, 0.15) is 26.6 Å². The van der Waals surface area contributed by atoms with E-state index in [1.807, 2.05) is 36.0 Å². The van der Waals surface area contributed by atoms with E-state index in [9.17, 15) is 0 Å². The number of hydrogen-bond donors (Lipinski definition) is 2. The highest BCUT2D eigenvalue weighted by molar-refractivity contribution is 14.0. The van der Waals surface area contributed by atoms with Crippen molar-refractivity contribution in [2.75, 3.05) is 32.5 Å². The van der Waals surface area contributed by atoms with E-state index in [2.05, 4.69) is 46.2 Å². The number of aliphatic imine (C=N–C) groups is 1. The van der Waals surface area contributed by atoms with E-state index in [0.29, 0.717) is 12.4 Å². The molecule has 0 unspecified atom stereocenters. The number of benzene rings is 1. The van der Waals surface area contributed by atoms with Gasteiger partial charge in [0.25, 0.3) is 0 Å². The summed E-state index contributed by atoms with van der Waals surface area (Å²) in [5, 5.41) is 10.7. The van der Waals surface area contributed by atoms with Crippen LogP contribution in [0.2, 0.25) is 0 Å². The molecule has 9 heteroatoms. The summed E-state index contributed by atoms with van der Waals surface area (Å²) in [5.41, 5.74) is 0.948. The highest BCUT2D eigenvalue weighted by Gasteiger charge is 2.28. The van der Waals surface area contributed by atoms with Crippen LogP contribution in [0, 0.1) is 0 Å². The number of guanidine groups is 1. The molecule has 0 atom stereocenters.